The number of amides is 1. The number of nitrogens with zero attached hydrogens (tertiary/aromatic N) is 4. The first kappa shape index (κ1) is 18.7. The number of hydrogen-bond donors (Lipinski definition) is 3. The third-order valence-corrected chi connectivity index (χ3v) is 5.06. The van der Waals surface area contributed by atoms with Gasteiger partial charge in [-0.25, -0.2) is 9.37 Å². The molecule has 0 saturated heterocycles. The van der Waals surface area contributed by atoms with Crippen molar-refractivity contribution in [3.63, 3.8) is 0 Å². The van der Waals surface area contributed by atoms with E-state index >= 15 is 0 Å². The molecule has 154 valence electrons. The van der Waals surface area contributed by atoms with E-state index in [4.69, 9.17) is 5.73 Å². The van der Waals surface area contributed by atoms with Gasteiger partial charge in [0.05, 0.1) is 17.8 Å². The molecule has 0 radical (unpaired) electrons. The number of H-pyrrole nitrogens is 1. The van der Waals surface area contributed by atoms with Gasteiger partial charge in [0.1, 0.15) is 11.3 Å². The van der Waals surface area contributed by atoms with E-state index in [1.807, 2.05) is 30.5 Å². The molecule has 0 unspecified atom stereocenters. The first-order valence-corrected chi connectivity index (χ1v) is 9.68. The van der Waals surface area contributed by atoms with Gasteiger partial charge in [-0.05, 0) is 30.3 Å². The minimum absolute atomic E-state index is 0.276. The van der Waals surface area contributed by atoms with Crippen molar-refractivity contribution in [3.8, 4) is 11.3 Å². The smallest absolute Gasteiger partial charge is 0.251 e. The van der Waals surface area contributed by atoms with Gasteiger partial charge in [0.2, 0.25) is 0 Å². The summed E-state index contributed by atoms with van der Waals surface area (Å²) in [6.45, 7) is 0.765. The maximum atomic E-state index is 13.3. The van der Waals surface area contributed by atoms with Gasteiger partial charge in [0, 0.05) is 40.8 Å². The molecule has 1 amide bonds. The highest BCUT2D eigenvalue weighted by Gasteiger charge is 2.12. The summed E-state index contributed by atoms with van der Waals surface area (Å²) < 4.78 is 15.0. The number of fused-ring (bicyclic) bond motifs is 3. The van der Waals surface area contributed by atoms with Crippen LogP contribution in [0.3, 0.4) is 0 Å². The molecule has 8 nitrogen and oxygen atoms in total. The molecule has 4 N–H and O–H groups in total. The molecule has 0 aliphatic rings. The molecule has 0 fully saturated rings. The van der Waals surface area contributed by atoms with Gasteiger partial charge in [-0.2, -0.15) is 10.2 Å². The number of nitrogens with one attached hydrogen (secondary N) is 2. The fraction of sp³-hybridized carbons (Fsp3) is 0.0909. The molecule has 0 aliphatic carbocycles. The topological polar surface area (TPSA) is 115 Å². The van der Waals surface area contributed by atoms with Crippen LogP contribution in [-0.2, 0) is 6.54 Å². The van der Waals surface area contributed by atoms with Crippen LogP contribution in [-0.4, -0.2) is 37.4 Å². The highest BCUT2D eigenvalue weighted by Crippen LogP contribution is 2.29. The summed E-state index contributed by atoms with van der Waals surface area (Å²) in [6.07, 6.45) is 3.58. The predicted octanol–water partition coefficient (Wildman–Crippen LogP) is 3.13. The number of hydrogen-bond acceptors (Lipinski definition) is 5. The van der Waals surface area contributed by atoms with Crippen molar-refractivity contribution in [1.82, 2.24) is 30.3 Å². The molecule has 0 atom stereocenters. The van der Waals surface area contributed by atoms with Crippen LogP contribution < -0.4 is 11.1 Å². The van der Waals surface area contributed by atoms with Crippen LogP contribution in [0.25, 0.3) is 33.1 Å². The Bertz CT molecular complexity index is 1410. The lowest BCUT2D eigenvalue weighted by Crippen LogP contribution is -2.27. The molecule has 5 rings (SSSR count). The third-order valence-electron chi connectivity index (χ3n) is 5.06. The second kappa shape index (κ2) is 7.52. The Hall–Kier alpha value is -4.27. The number of halogens is 1. The molecule has 0 saturated carbocycles. The lowest BCUT2D eigenvalue weighted by Gasteiger charge is -2.05. The first-order chi connectivity index (χ1) is 15.1. The van der Waals surface area contributed by atoms with Crippen LogP contribution in [0, 0.1) is 5.82 Å². The Labute approximate surface area is 175 Å². The van der Waals surface area contributed by atoms with Crippen molar-refractivity contribution in [2.45, 2.75) is 6.54 Å². The Kier molecular flexibility index (Phi) is 4.55. The maximum absolute atomic E-state index is 13.3. The SMILES string of the molecule is Nc1nc2cc(-c3ccn[nH]3)ccc2c2cn(CCNC(=O)c3cccc(F)c3)nc12. The van der Waals surface area contributed by atoms with E-state index in [0.717, 1.165) is 27.5 Å². The number of nitrogen functional groups attached to an aromatic ring is 1. The first-order valence-electron chi connectivity index (χ1n) is 9.68. The predicted molar refractivity (Wildman–Crippen MR) is 116 cm³/mol. The average molecular weight is 415 g/mol. The fourth-order valence-electron chi connectivity index (χ4n) is 3.56. The number of carbonyl (C=O) groups excluding carboxylic acids is 1. The number of nitrogens with two attached hydrogens (primary N) is 1. The van der Waals surface area contributed by atoms with E-state index in [2.05, 4.69) is 25.6 Å². The zero-order chi connectivity index (χ0) is 21.4. The number of carbonyl (C=O) groups is 1. The van der Waals surface area contributed by atoms with E-state index in [9.17, 15) is 9.18 Å². The van der Waals surface area contributed by atoms with Crippen LogP contribution in [0.5, 0.6) is 0 Å². The Morgan fingerprint density at radius 3 is 2.87 bits per heavy atom. The van der Waals surface area contributed by atoms with Crippen molar-refractivity contribution in [1.29, 1.82) is 0 Å². The number of aromatic amines is 1. The Balaban J connectivity index is 1.38. The van der Waals surface area contributed by atoms with E-state index < -0.39 is 5.82 Å². The third kappa shape index (κ3) is 3.57. The molecule has 9 heteroatoms. The second-order valence-corrected chi connectivity index (χ2v) is 7.12. The van der Waals surface area contributed by atoms with Gasteiger partial charge in [-0.3, -0.25) is 14.6 Å². The molecule has 31 heavy (non-hydrogen) atoms. The number of pyridine rings is 1. The molecule has 0 bridgehead atoms. The van der Waals surface area contributed by atoms with E-state index in [1.54, 1.807) is 16.9 Å². The fourth-order valence-corrected chi connectivity index (χ4v) is 3.56. The van der Waals surface area contributed by atoms with E-state index in [-0.39, 0.29) is 11.5 Å². The largest absolute Gasteiger partial charge is 0.382 e. The highest BCUT2D eigenvalue weighted by atomic mass is 19.1. The lowest BCUT2D eigenvalue weighted by atomic mass is 10.1. The van der Waals surface area contributed by atoms with Crippen LogP contribution in [0.4, 0.5) is 10.2 Å². The van der Waals surface area contributed by atoms with Gasteiger partial charge in [0.15, 0.2) is 5.82 Å². The molecular weight excluding hydrogens is 397 g/mol. The summed E-state index contributed by atoms with van der Waals surface area (Å²) in [7, 11) is 0. The summed E-state index contributed by atoms with van der Waals surface area (Å²) >= 11 is 0. The van der Waals surface area contributed by atoms with Gasteiger partial charge < -0.3 is 11.1 Å². The van der Waals surface area contributed by atoms with Gasteiger partial charge in [-0.15, -0.1) is 0 Å². The molecule has 3 aromatic heterocycles. The Morgan fingerprint density at radius 2 is 2.06 bits per heavy atom. The second-order valence-electron chi connectivity index (χ2n) is 7.12. The number of anilines is 1. The quantitative estimate of drug-likeness (QED) is 0.408. The van der Waals surface area contributed by atoms with Crippen molar-refractivity contribution in [3.05, 3.63) is 72.3 Å². The minimum Gasteiger partial charge on any atom is -0.382 e. The van der Waals surface area contributed by atoms with Crippen LogP contribution in [0.15, 0.2) is 60.9 Å². The molecule has 0 spiro atoms. The molecule has 5 aromatic rings. The van der Waals surface area contributed by atoms with E-state index in [1.165, 1.54) is 18.2 Å². The van der Waals surface area contributed by atoms with Gasteiger partial charge in [-0.1, -0.05) is 18.2 Å². The normalized spacial score (nSPS) is 11.3. The van der Waals surface area contributed by atoms with Crippen LogP contribution in [0.1, 0.15) is 10.4 Å². The minimum atomic E-state index is -0.448. The van der Waals surface area contributed by atoms with Gasteiger partial charge >= 0.3 is 0 Å². The number of benzene rings is 2. The van der Waals surface area contributed by atoms with E-state index in [0.29, 0.717) is 24.4 Å². The molecular formula is C22H18FN7O. The molecule has 0 aliphatic heterocycles. The number of aromatic nitrogens is 5. The number of rotatable bonds is 5. The molecule has 3 heterocycles. The zero-order valence-electron chi connectivity index (χ0n) is 16.3. The van der Waals surface area contributed by atoms with Crippen molar-refractivity contribution in [2.24, 2.45) is 0 Å². The summed E-state index contributed by atoms with van der Waals surface area (Å²) in [4.78, 5) is 16.7. The summed E-state index contributed by atoms with van der Waals surface area (Å²) in [6, 6.07) is 13.4. The van der Waals surface area contributed by atoms with Crippen LogP contribution >= 0.6 is 0 Å². The highest BCUT2D eigenvalue weighted by molar-refractivity contribution is 6.08. The summed E-state index contributed by atoms with van der Waals surface area (Å²) in [5.74, 6) is -0.447. The van der Waals surface area contributed by atoms with Crippen molar-refractivity contribution in [2.75, 3.05) is 12.3 Å². The monoisotopic (exact) mass is 415 g/mol. The summed E-state index contributed by atoms with van der Waals surface area (Å²) in [5, 5.41) is 16.0. The van der Waals surface area contributed by atoms with Crippen molar-refractivity contribution >= 4 is 33.5 Å². The van der Waals surface area contributed by atoms with Gasteiger partial charge in [0.25, 0.3) is 5.91 Å². The van der Waals surface area contributed by atoms with Crippen molar-refractivity contribution < 1.29 is 9.18 Å². The zero-order valence-corrected chi connectivity index (χ0v) is 16.3. The maximum Gasteiger partial charge on any atom is 0.251 e. The lowest BCUT2D eigenvalue weighted by molar-refractivity contribution is 0.0951. The standard InChI is InChI=1S/C22H18FN7O/c23-15-3-1-2-14(10-15)22(31)25-8-9-30-12-17-16-5-4-13(18-6-7-26-28-18)11-19(16)27-21(24)20(17)29-30/h1-7,10-12H,8-9H2,(H2,24,27)(H,25,31)(H,26,28). The molecule has 2 aromatic carbocycles. The Morgan fingerprint density at radius 1 is 1.16 bits per heavy atom. The summed E-state index contributed by atoms with van der Waals surface area (Å²) in [5.41, 5.74) is 9.66. The van der Waals surface area contributed by atoms with Crippen LogP contribution in [0.2, 0.25) is 0 Å². The average Bonchev–Trinajstić information content (AvgIpc) is 3.44.